The first-order chi connectivity index (χ1) is 22.3. The van der Waals surface area contributed by atoms with Crippen LogP contribution in [0.15, 0.2) is 162 Å². The minimum absolute atomic E-state index is 0.908. The Morgan fingerprint density at radius 1 is 0.400 bits per heavy atom. The van der Waals surface area contributed by atoms with Crippen LogP contribution in [0.2, 0.25) is 0 Å². The fraction of sp³-hybridized carbons (Fsp3) is 0. The zero-order chi connectivity index (χ0) is 29.5. The van der Waals surface area contributed by atoms with Gasteiger partial charge in [-0.15, -0.1) is 4.68 Å². The van der Waals surface area contributed by atoms with Crippen LogP contribution in [-0.4, -0.2) is 9.24 Å². The van der Waals surface area contributed by atoms with Crippen LogP contribution in [0, 0.1) is 0 Å². The van der Waals surface area contributed by atoms with Gasteiger partial charge >= 0.3 is 0 Å². The lowest BCUT2D eigenvalue weighted by Crippen LogP contribution is -2.40. The lowest BCUT2D eigenvalue weighted by Gasteiger charge is -2.09. The van der Waals surface area contributed by atoms with E-state index >= 15 is 0 Å². The molecule has 4 heteroatoms. The van der Waals surface area contributed by atoms with E-state index in [0.717, 1.165) is 27.6 Å². The molecule has 0 aliphatic carbocycles. The van der Waals surface area contributed by atoms with Crippen LogP contribution in [0.1, 0.15) is 0 Å². The number of pyridine rings is 1. The zero-order valence-electron chi connectivity index (χ0n) is 24.3. The lowest BCUT2D eigenvalue weighted by molar-refractivity contribution is -0.720. The molecular formula is C41H26N3O+. The van der Waals surface area contributed by atoms with Crippen LogP contribution in [0.5, 0.6) is 0 Å². The molecule has 0 radical (unpaired) electrons. The summed E-state index contributed by atoms with van der Waals surface area (Å²) in [6.45, 7) is 0. The number of benzene rings is 6. The van der Waals surface area contributed by atoms with Crippen molar-refractivity contribution in [2.24, 2.45) is 0 Å². The molecule has 0 unspecified atom stereocenters. The van der Waals surface area contributed by atoms with Crippen molar-refractivity contribution in [3.05, 3.63) is 158 Å². The molecule has 0 saturated carbocycles. The van der Waals surface area contributed by atoms with Crippen molar-refractivity contribution in [2.75, 3.05) is 0 Å². The highest BCUT2D eigenvalue weighted by Gasteiger charge is 2.19. The van der Waals surface area contributed by atoms with Gasteiger partial charge in [0.25, 0.3) is 0 Å². The zero-order valence-corrected chi connectivity index (χ0v) is 24.3. The van der Waals surface area contributed by atoms with Gasteiger partial charge in [0, 0.05) is 50.1 Å². The molecular weight excluding hydrogens is 550 g/mol. The van der Waals surface area contributed by atoms with Gasteiger partial charge in [-0.1, -0.05) is 77.5 Å². The van der Waals surface area contributed by atoms with Gasteiger partial charge in [-0.3, -0.25) is 0 Å². The van der Waals surface area contributed by atoms with Crippen LogP contribution in [-0.2, 0) is 0 Å². The fourth-order valence-corrected chi connectivity index (χ4v) is 7.19. The lowest BCUT2D eigenvalue weighted by atomic mass is 10.0. The number of fused-ring (bicyclic) bond motifs is 9. The van der Waals surface area contributed by atoms with E-state index in [1.807, 2.05) is 18.2 Å². The largest absolute Gasteiger partial charge is 0.456 e. The smallest absolute Gasteiger partial charge is 0.200 e. The molecule has 210 valence electrons. The fourth-order valence-electron chi connectivity index (χ4n) is 7.19. The maximum absolute atomic E-state index is 6.14. The molecule has 4 nitrogen and oxygen atoms in total. The van der Waals surface area contributed by atoms with E-state index < -0.39 is 0 Å². The van der Waals surface area contributed by atoms with Crippen LogP contribution < -0.4 is 4.68 Å². The quantitative estimate of drug-likeness (QED) is 0.192. The molecule has 0 spiro atoms. The van der Waals surface area contributed by atoms with Gasteiger partial charge in [0.05, 0.1) is 11.0 Å². The Hall–Kier alpha value is -6.13. The molecule has 0 bridgehead atoms. The van der Waals surface area contributed by atoms with E-state index in [2.05, 4.69) is 154 Å². The van der Waals surface area contributed by atoms with Crippen LogP contribution in [0.25, 0.3) is 82.4 Å². The molecule has 4 heterocycles. The van der Waals surface area contributed by atoms with Gasteiger partial charge in [-0.2, -0.15) is 0 Å². The summed E-state index contributed by atoms with van der Waals surface area (Å²) < 4.78 is 12.9. The molecule has 0 amide bonds. The number of hydrogen-bond acceptors (Lipinski definition) is 1. The number of hydrogen-bond donors (Lipinski definition) is 0. The average Bonchev–Trinajstić information content (AvgIpc) is 3.75. The predicted octanol–water partition coefficient (Wildman–Crippen LogP) is 10.1. The second kappa shape index (κ2) is 9.18. The van der Waals surface area contributed by atoms with Crippen molar-refractivity contribution >= 4 is 65.6 Å². The molecule has 45 heavy (non-hydrogen) atoms. The van der Waals surface area contributed by atoms with Crippen molar-refractivity contribution in [3.8, 4) is 16.8 Å². The summed E-state index contributed by atoms with van der Waals surface area (Å²) in [7, 11) is 0. The van der Waals surface area contributed by atoms with E-state index in [0.29, 0.717) is 0 Å². The highest BCUT2D eigenvalue weighted by molar-refractivity contribution is 6.12. The Labute approximate surface area is 258 Å². The third kappa shape index (κ3) is 3.51. The number of aromatic nitrogens is 3. The second-order valence-electron chi connectivity index (χ2n) is 11.7. The monoisotopic (exact) mass is 576 g/mol. The molecule has 10 rings (SSSR count). The first-order valence-electron chi connectivity index (χ1n) is 15.3. The molecule has 4 aromatic heterocycles. The molecule has 0 aliphatic rings. The molecule has 0 fully saturated rings. The van der Waals surface area contributed by atoms with Crippen LogP contribution in [0.4, 0.5) is 0 Å². The second-order valence-corrected chi connectivity index (χ2v) is 11.7. The summed E-state index contributed by atoms with van der Waals surface area (Å²) in [6, 6.07) is 52.1. The summed E-state index contributed by atoms with van der Waals surface area (Å²) in [5.74, 6) is 0. The highest BCUT2D eigenvalue weighted by atomic mass is 16.3. The van der Waals surface area contributed by atoms with E-state index in [9.17, 15) is 0 Å². The maximum atomic E-state index is 6.14. The maximum Gasteiger partial charge on any atom is 0.200 e. The Bertz CT molecular complexity index is 2760. The summed E-state index contributed by atoms with van der Waals surface area (Å²) in [5, 5.41) is 7.23. The van der Waals surface area contributed by atoms with Gasteiger partial charge in [-0.05, 0) is 71.8 Å². The van der Waals surface area contributed by atoms with Crippen molar-refractivity contribution < 1.29 is 9.09 Å². The third-order valence-electron chi connectivity index (χ3n) is 9.20. The standard InChI is InChI=1S/C41H26N3O/c1-8-22-42(23-9-1)44-38-14-6-3-11-31(38)34-25-28(17-20-39(34)44)27-16-19-37-33(24-27)30-10-2-5-13-36(30)43(37)29-18-21-41-35(26-29)32-12-4-7-15-40(32)45-41/h1-26H/q+1. The third-order valence-corrected chi connectivity index (χ3v) is 9.20. The Morgan fingerprint density at radius 3 is 1.78 bits per heavy atom. The van der Waals surface area contributed by atoms with Crippen molar-refractivity contribution in [1.82, 2.24) is 9.24 Å². The van der Waals surface area contributed by atoms with Gasteiger partial charge < -0.3 is 8.98 Å². The SMILES string of the molecule is c1cc[n+](-n2c3ccccc3c3cc(-c4ccc5c(c4)c4ccccc4n5-c4ccc5oc6ccccc6c5c4)ccc32)cc1. The topological polar surface area (TPSA) is 26.9 Å². The van der Waals surface area contributed by atoms with Crippen molar-refractivity contribution in [1.29, 1.82) is 0 Å². The normalized spacial score (nSPS) is 12.0. The van der Waals surface area contributed by atoms with Crippen LogP contribution >= 0.6 is 0 Å². The molecule has 6 aromatic carbocycles. The molecule has 10 aromatic rings. The van der Waals surface area contributed by atoms with Crippen molar-refractivity contribution in [2.45, 2.75) is 0 Å². The molecule has 0 saturated heterocycles. The Kier molecular flexibility index (Phi) is 4.96. The highest BCUT2D eigenvalue weighted by Crippen LogP contribution is 2.38. The van der Waals surface area contributed by atoms with E-state index in [-0.39, 0.29) is 0 Å². The van der Waals surface area contributed by atoms with E-state index in [1.165, 1.54) is 54.7 Å². The predicted molar refractivity (Wildman–Crippen MR) is 184 cm³/mol. The minimum atomic E-state index is 0.908. The Balaban J connectivity index is 1.18. The average molecular weight is 577 g/mol. The van der Waals surface area contributed by atoms with Crippen molar-refractivity contribution in [3.63, 3.8) is 0 Å². The van der Waals surface area contributed by atoms with Gasteiger partial charge in [0.2, 0.25) is 12.4 Å². The summed E-state index contributed by atoms with van der Waals surface area (Å²) in [5.41, 5.74) is 10.1. The molecule has 0 atom stereocenters. The van der Waals surface area contributed by atoms with Gasteiger partial charge in [0.15, 0.2) is 0 Å². The van der Waals surface area contributed by atoms with Gasteiger partial charge in [0.1, 0.15) is 22.2 Å². The summed E-state index contributed by atoms with van der Waals surface area (Å²) >= 11 is 0. The van der Waals surface area contributed by atoms with Gasteiger partial charge in [-0.25, -0.2) is 0 Å². The number of nitrogens with zero attached hydrogens (tertiary/aromatic N) is 3. The number of para-hydroxylation sites is 3. The molecule has 0 aliphatic heterocycles. The van der Waals surface area contributed by atoms with E-state index in [1.54, 1.807) is 0 Å². The summed E-state index contributed by atoms with van der Waals surface area (Å²) in [6.07, 6.45) is 4.19. The Morgan fingerprint density at radius 2 is 0.978 bits per heavy atom. The van der Waals surface area contributed by atoms with Crippen LogP contribution in [0.3, 0.4) is 0 Å². The van der Waals surface area contributed by atoms with E-state index in [4.69, 9.17) is 4.42 Å². The summed E-state index contributed by atoms with van der Waals surface area (Å²) in [4.78, 5) is 0. The number of rotatable bonds is 3. The first kappa shape index (κ1) is 24.3. The minimum Gasteiger partial charge on any atom is -0.456 e. The first-order valence-corrected chi connectivity index (χ1v) is 15.3. The molecule has 0 N–H and O–H groups in total. The number of furan rings is 1.